The van der Waals surface area contributed by atoms with Gasteiger partial charge in [-0.3, -0.25) is 0 Å². The number of unbranched alkanes of at least 4 members (excludes halogenated alkanes) is 1. The fourth-order valence-corrected chi connectivity index (χ4v) is 3.94. The van der Waals surface area contributed by atoms with Crippen LogP contribution in [0.2, 0.25) is 0 Å². The second-order valence-electron chi connectivity index (χ2n) is 5.28. The fraction of sp³-hybridized carbons (Fsp3) is 0.600. The van der Waals surface area contributed by atoms with Crippen molar-refractivity contribution in [2.75, 3.05) is 39.8 Å². The lowest BCUT2D eigenvalue weighted by atomic mass is 10.3. The Morgan fingerprint density at radius 3 is 2.52 bits per heavy atom. The number of hydrogen-bond acceptors (Lipinski definition) is 4. The molecule has 1 fully saturated rings. The number of nitrogens with zero attached hydrogens (tertiary/aromatic N) is 2. The van der Waals surface area contributed by atoms with Gasteiger partial charge in [-0.25, -0.2) is 8.42 Å². The molecule has 1 aliphatic heterocycles. The van der Waals surface area contributed by atoms with Gasteiger partial charge in [0.1, 0.15) is 5.75 Å². The molecule has 1 saturated heterocycles. The number of ether oxygens (including phenoxy) is 1. The van der Waals surface area contributed by atoms with Crippen LogP contribution in [0.5, 0.6) is 5.75 Å². The lowest BCUT2D eigenvalue weighted by molar-refractivity contribution is 0.186. The first-order valence-electron chi connectivity index (χ1n) is 7.44. The van der Waals surface area contributed by atoms with Gasteiger partial charge in [0.15, 0.2) is 0 Å². The molecule has 1 aromatic carbocycles. The van der Waals surface area contributed by atoms with E-state index in [9.17, 15) is 8.42 Å². The number of benzene rings is 1. The zero-order valence-electron chi connectivity index (χ0n) is 12.8. The van der Waals surface area contributed by atoms with Crippen LogP contribution in [0.25, 0.3) is 0 Å². The Morgan fingerprint density at radius 2 is 1.90 bits per heavy atom. The van der Waals surface area contributed by atoms with Gasteiger partial charge in [0, 0.05) is 32.2 Å². The van der Waals surface area contributed by atoms with E-state index in [1.165, 1.54) is 20.0 Å². The van der Waals surface area contributed by atoms with Crippen LogP contribution >= 0.6 is 0 Å². The molecule has 0 amide bonds. The van der Waals surface area contributed by atoms with E-state index < -0.39 is 10.0 Å². The Bertz CT molecular complexity index is 552. The molecule has 5 nitrogen and oxygen atoms in total. The summed E-state index contributed by atoms with van der Waals surface area (Å²) < 4.78 is 31.9. The molecule has 0 N–H and O–H groups in total. The minimum Gasteiger partial charge on any atom is -0.497 e. The average Bonchev–Trinajstić information content (AvgIpc) is 2.53. The van der Waals surface area contributed by atoms with Crippen molar-refractivity contribution >= 4 is 10.0 Å². The molecular formula is C15H24N2O3S. The SMILES string of the molecule is CCCCN1CCN(S(=O)(=O)c2cccc(OC)c2)CC1. The van der Waals surface area contributed by atoms with E-state index in [2.05, 4.69) is 11.8 Å². The molecule has 0 atom stereocenters. The minimum absolute atomic E-state index is 0.309. The van der Waals surface area contributed by atoms with Crippen LogP contribution < -0.4 is 4.74 Å². The predicted octanol–water partition coefficient (Wildman–Crippen LogP) is 1.80. The third-order valence-electron chi connectivity index (χ3n) is 3.84. The molecule has 118 valence electrons. The maximum atomic E-state index is 12.6. The molecule has 0 unspecified atom stereocenters. The van der Waals surface area contributed by atoms with Gasteiger partial charge in [-0.05, 0) is 25.1 Å². The summed E-state index contributed by atoms with van der Waals surface area (Å²) in [5.41, 5.74) is 0. The Hall–Kier alpha value is -1.11. The van der Waals surface area contributed by atoms with Crippen LogP contribution in [-0.2, 0) is 10.0 Å². The Morgan fingerprint density at radius 1 is 1.19 bits per heavy atom. The monoisotopic (exact) mass is 312 g/mol. The van der Waals surface area contributed by atoms with E-state index >= 15 is 0 Å². The molecule has 0 aliphatic carbocycles. The highest BCUT2D eigenvalue weighted by Gasteiger charge is 2.28. The third-order valence-corrected chi connectivity index (χ3v) is 5.73. The van der Waals surface area contributed by atoms with E-state index in [-0.39, 0.29) is 0 Å². The summed E-state index contributed by atoms with van der Waals surface area (Å²) in [6.07, 6.45) is 2.34. The second kappa shape index (κ2) is 7.24. The summed E-state index contributed by atoms with van der Waals surface area (Å²) in [6, 6.07) is 6.67. The van der Waals surface area contributed by atoms with E-state index in [0.29, 0.717) is 23.7 Å². The Balaban J connectivity index is 2.04. The summed E-state index contributed by atoms with van der Waals surface area (Å²) in [6.45, 7) is 5.96. The topological polar surface area (TPSA) is 49.9 Å². The van der Waals surface area contributed by atoms with E-state index in [1.54, 1.807) is 28.6 Å². The number of rotatable bonds is 6. The number of piperazine rings is 1. The van der Waals surface area contributed by atoms with Gasteiger partial charge in [-0.15, -0.1) is 0 Å². The molecule has 1 aromatic rings. The number of methoxy groups -OCH3 is 1. The highest BCUT2D eigenvalue weighted by Crippen LogP contribution is 2.21. The summed E-state index contributed by atoms with van der Waals surface area (Å²) in [5.74, 6) is 0.567. The van der Waals surface area contributed by atoms with Crippen LogP contribution in [0, 0.1) is 0 Å². The molecule has 0 spiro atoms. The quantitative estimate of drug-likeness (QED) is 0.804. The van der Waals surface area contributed by atoms with Gasteiger partial charge < -0.3 is 9.64 Å². The molecular weight excluding hydrogens is 288 g/mol. The van der Waals surface area contributed by atoms with Crippen molar-refractivity contribution in [1.29, 1.82) is 0 Å². The van der Waals surface area contributed by atoms with Crippen molar-refractivity contribution < 1.29 is 13.2 Å². The predicted molar refractivity (Wildman–Crippen MR) is 83.1 cm³/mol. The van der Waals surface area contributed by atoms with Gasteiger partial charge in [-0.2, -0.15) is 4.31 Å². The lowest BCUT2D eigenvalue weighted by Gasteiger charge is -2.33. The van der Waals surface area contributed by atoms with Crippen LogP contribution in [0.4, 0.5) is 0 Å². The number of sulfonamides is 1. The van der Waals surface area contributed by atoms with E-state index in [0.717, 1.165) is 19.6 Å². The van der Waals surface area contributed by atoms with Crippen LogP contribution in [0.1, 0.15) is 19.8 Å². The van der Waals surface area contributed by atoms with Crippen molar-refractivity contribution in [2.24, 2.45) is 0 Å². The summed E-state index contributed by atoms with van der Waals surface area (Å²) in [7, 11) is -1.87. The van der Waals surface area contributed by atoms with E-state index in [4.69, 9.17) is 4.74 Å². The van der Waals surface area contributed by atoms with Gasteiger partial charge in [0.25, 0.3) is 0 Å². The van der Waals surface area contributed by atoms with Crippen molar-refractivity contribution in [3.05, 3.63) is 24.3 Å². The molecule has 0 saturated carbocycles. The second-order valence-corrected chi connectivity index (χ2v) is 7.22. The van der Waals surface area contributed by atoms with Gasteiger partial charge in [0.2, 0.25) is 10.0 Å². The standard InChI is InChI=1S/C15H24N2O3S/c1-3-4-8-16-9-11-17(12-10-16)21(18,19)15-7-5-6-14(13-15)20-2/h5-7,13H,3-4,8-12H2,1-2H3. The lowest BCUT2D eigenvalue weighted by Crippen LogP contribution is -2.48. The van der Waals surface area contributed by atoms with Crippen molar-refractivity contribution in [1.82, 2.24) is 9.21 Å². The summed E-state index contributed by atoms with van der Waals surface area (Å²) in [5, 5.41) is 0. The normalized spacial score (nSPS) is 17.8. The first-order valence-corrected chi connectivity index (χ1v) is 8.88. The zero-order valence-corrected chi connectivity index (χ0v) is 13.6. The first-order chi connectivity index (χ1) is 10.1. The third kappa shape index (κ3) is 3.96. The molecule has 0 radical (unpaired) electrons. The van der Waals surface area contributed by atoms with Crippen molar-refractivity contribution in [3.63, 3.8) is 0 Å². The fourth-order valence-electron chi connectivity index (χ4n) is 2.49. The molecule has 0 bridgehead atoms. The minimum atomic E-state index is -3.41. The summed E-state index contributed by atoms with van der Waals surface area (Å²) >= 11 is 0. The maximum absolute atomic E-state index is 12.6. The van der Waals surface area contributed by atoms with Crippen LogP contribution in [0.15, 0.2) is 29.2 Å². The van der Waals surface area contributed by atoms with Crippen molar-refractivity contribution in [2.45, 2.75) is 24.7 Å². The smallest absolute Gasteiger partial charge is 0.243 e. The molecule has 21 heavy (non-hydrogen) atoms. The van der Waals surface area contributed by atoms with Crippen LogP contribution in [-0.4, -0.2) is 57.5 Å². The largest absolute Gasteiger partial charge is 0.497 e. The highest BCUT2D eigenvalue weighted by atomic mass is 32.2. The highest BCUT2D eigenvalue weighted by molar-refractivity contribution is 7.89. The Labute approximate surface area is 127 Å². The first kappa shape index (κ1) is 16.3. The van der Waals surface area contributed by atoms with Gasteiger partial charge in [0.05, 0.1) is 12.0 Å². The molecule has 1 heterocycles. The molecule has 1 aliphatic rings. The average molecular weight is 312 g/mol. The zero-order chi connectivity index (χ0) is 15.3. The maximum Gasteiger partial charge on any atom is 0.243 e. The molecule has 0 aromatic heterocycles. The molecule has 6 heteroatoms. The summed E-state index contributed by atoms with van der Waals surface area (Å²) in [4.78, 5) is 2.64. The van der Waals surface area contributed by atoms with Gasteiger partial charge >= 0.3 is 0 Å². The van der Waals surface area contributed by atoms with Gasteiger partial charge in [-0.1, -0.05) is 19.4 Å². The van der Waals surface area contributed by atoms with Crippen molar-refractivity contribution in [3.8, 4) is 5.75 Å². The van der Waals surface area contributed by atoms with Crippen LogP contribution in [0.3, 0.4) is 0 Å². The number of hydrogen-bond donors (Lipinski definition) is 0. The van der Waals surface area contributed by atoms with E-state index in [1.807, 2.05) is 0 Å². The molecule has 2 rings (SSSR count). The Kier molecular flexibility index (Phi) is 5.61.